The third kappa shape index (κ3) is 5.74. The fourth-order valence-electron chi connectivity index (χ4n) is 4.59. The molecule has 0 saturated heterocycles. The van der Waals surface area contributed by atoms with Crippen LogP contribution >= 0.6 is 0 Å². The molecule has 0 aliphatic heterocycles. The first-order chi connectivity index (χ1) is 17.7. The van der Waals surface area contributed by atoms with Gasteiger partial charge in [-0.15, -0.1) is 0 Å². The number of benzene rings is 2. The minimum absolute atomic E-state index is 0.0903. The van der Waals surface area contributed by atoms with Crippen molar-refractivity contribution in [2.45, 2.75) is 66.2 Å². The van der Waals surface area contributed by atoms with Crippen molar-refractivity contribution < 1.29 is 14.3 Å². The lowest BCUT2D eigenvalue weighted by Gasteiger charge is -2.16. The van der Waals surface area contributed by atoms with E-state index in [1.807, 2.05) is 31.2 Å². The second-order valence-electron chi connectivity index (χ2n) is 10.0. The van der Waals surface area contributed by atoms with Gasteiger partial charge in [-0.3, -0.25) is 14.6 Å². The minimum Gasteiger partial charge on any atom is -0.482 e. The molecule has 2 atom stereocenters. The van der Waals surface area contributed by atoms with Crippen molar-refractivity contribution in [2.24, 2.45) is 0 Å². The SMILES string of the molecule is Cc1c(C)n(Cc2cncc(O[C@@H](C)C=O)c2)c2ccc(C(=O)N[C@@H](C)c3cccc(C(C)C)c3)cc12. The largest absolute Gasteiger partial charge is 0.482 e. The summed E-state index contributed by atoms with van der Waals surface area (Å²) in [5.41, 5.74) is 7.28. The molecule has 0 fully saturated rings. The van der Waals surface area contributed by atoms with Crippen LogP contribution in [0.25, 0.3) is 10.9 Å². The Bertz CT molecular complexity index is 1440. The lowest BCUT2D eigenvalue weighted by atomic mass is 9.98. The van der Waals surface area contributed by atoms with Crippen LogP contribution in [0.3, 0.4) is 0 Å². The third-order valence-corrected chi connectivity index (χ3v) is 6.95. The minimum atomic E-state index is -0.528. The van der Waals surface area contributed by atoms with Crippen molar-refractivity contribution in [3.05, 3.63) is 94.4 Å². The first kappa shape index (κ1) is 26.1. The molecule has 1 N–H and O–H groups in total. The van der Waals surface area contributed by atoms with Gasteiger partial charge in [-0.2, -0.15) is 0 Å². The van der Waals surface area contributed by atoms with Crippen molar-refractivity contribution in [3.8, 4) is 5.75 Å². The average Bonchev–Trinajstić information content (AvgIpc) is 3.13. The van der Waals surface area contributed by atoms with Crippen LogP contribution in [0.4, 0.5) is 0 Å². The summed E-state index contributed by atoms with van der Waals surface area (Å²) in [5, 5.41) is 4.21. The summed E-state index contributed by atoms with van der Waals surface area (Å²) in [4.78, 5) is 28.4. The molecule has 2 heterocycles. The Labute approximate surface area is 218 Å². The van der Waals surface area contributed by atoms with Crippen LogP contribution in [0.15, 0.2) is 60.9 Å². The second kappa shape index (κ2) is 11.0. The number of aldehydes is 1. The monoisotopic (exact) mass is 497 g/mol. The van der Waals surface area contributed by atoms with Crippen LogP contribution in [0.1, 0.15) is 78.0 Å². The first-order valence-corrected chi connectivity index (χ1v) is 12.7. The molecule has 0 aliphatic carbocycles. The third-order valence-electron chi connectivity index (χ3n) is 6.95. The number of nitrogens with one attached hydrogen (secondary N) is 1. The number of ether oxygens (including phenoxy) is 1. The molecule has 6 nitrogen and oxygen atoms in total. The van der Waals surface area contributed by atoms with Crippen LogP contribution in [0.2, 0.25) is 0 Å². The quantitative estimate of drug-likeness (QED) is 0.276. The van der Waals surface area contributed by atoms with E-state index in [0.29, 0.717) is 23.8 Å². The van der Waals surface area contributed by atoms with E-state index in [1.54, 1.807) is 19.3 Å². The van der Waals surface area contributed by atoms with Crippen LogP contribution in [0.5, 0.6) is 5.75 Å². The number of amides is 1. The highest BCUT2D eigenvalue weighted by Gasteiger charge is 2.17. The van der Waals surface area contributed by atoms with Gasteiger partial charge in [0.25, 0.3) is 5.91 Å². The smallest absolute Gasteiger partial charge is 0.251 e. The molecular weight excluding hydrogens is 462 g/mol. The summed E-state index contributed by atoms with van der Waals surface area (Å²) in [5.74, 6) is 0.911. The van der Waals surface area contributed by atoms with Crippen molar-refractivity contribution in [1.29, 1.82) is 0 Å². The summed E-state index contributed by atoms with van der Waals surface area (Å²) in [6, 6.07) is 16.1. The second-order valence-corrected chi connectivity index (χ2v) is 10.0. The van der Waals surface area contributed by atoms with Crippen LogP contribution in [-0.2, 0) is 11.3 Å². The fourth-order valence-corrected chi connectivity index (χ4v) is 4.59. The molecule has 1 amide bonds. The Hall–Kier alpha value is -3.93. The van der Waals surface area contributed by atoms with Crippen molar-refractivity contribution >= 4 is 23.1 Å². The number of hydrogen-bond donors (Lipinski definition) is 1. The van der Waals surface area contributed by atoms with Gasteiger partial charge >= 0.3 is 0 Å². The number of rotatable bonds is 9. The van der Waals surface area contributed by atoms with E-state index in [-0.39, 0.29) is 11.9 Å². The molecule has 6 heteroatoms. The maximum absolute atomic E-state index is 13.2. The highest BCUT2D eigenvalue weighted by molar-refractivity contribution is 5.99. The number of carbonyl (C=O) groups excluding carboxylic acids is 2. The molecule has 0 radical (unpaired) electrons. The molecule has 0 spiro atoms. The number of carbonyl (C=O) groups is 2. The molecule has 0 aliphatic rings. The molecule has 2 aromatic carbocycles. The number of aromatic nitrogens is 2. The summed E-state index contributed by atoms with van der Waals surface area (Å²) < 4.78 is 7.82. The van der Waals surface area contributed by atoms with Gasteiger partial charge in [0, 0.05) is 34.9 Å². The molecule has 0 saturated carbocycles. The first-order valence-electron chi connectivity index (χ1n) is 12.7. The number of nitrogens with zero attached hydrogens (tertiary/aromatic N) is 2. The van der Waals surface area contributed by atoms with E-state index in [0.717, 1.165) is 39.6 Å². The van der Waals surface area contributed by atoms with Crippen LogP contribution < -0.4 is 10.1 Å². The van der Waals surface area contributed by atoms with Gasteiger partial charge in [0.2, 0.25) is 0 Å². The molecule has 4 aromatic rings. The Kier molecular flexibility index (Phi) is 7.77. The van der Waals surface area contributed by atoms with Gasteiger partial charge in [-0.1, -0.05) is 38.1 Å². The van der Waals surface area contributed by atoms with Crippen molar-refractivity contribution in [2.75, 3.05) is 0 Å². The molecule has 192 valence electrons. The molecule has 0 unspecified atom stereocenters. The lowest BCUT2D eigenvalue weighted by molar-refractivity contribution is -0.113. The zero-order chi connectivity index (χ0) is 26.7. The summed E-state index contributed by atoms with van der Waals surface area (Å²) >= 11 is 0. The molecule has 4 rings (SSSR count). The highest BCUT2D eigenvalue weighted by Crippen LogP contribution is 2.28. The zero-order valence-corrected chi connectivity index (χ0v) is 22.4. The van der Waals surface area contributed by atoms with Gasteiger partial charge in [-0.05, 0) is 80.1 Å². The molecule has 0 bridgehead atoms. The van der Waals surface area contributed by atoms with E-state index in [9.17, 15) is 9.59 Å². The van der Waals surface area contributed by atoms with Gasteiger partial charge in [-0.25, -0.2) is 0 Å². The number of fused-ring (bicyclic) bond motifs is 1. The average molecular weight is 498 g/mol. The van der Waals surface area contributed by atoms with E-state index in [1.165, 1.54) is 5.56 Å². The Balaban J connectivity index is 1.57. The number of hydrogen-bond acceptors (Lipinski definition) is 4. The zero-order valence-electron chi connectivity index (χ0n) is 22.4. The van der Waals surface area contributed by atoms with Crippen LogP contribution in [-0.4, -0.2) is 27.8 Å². The molecule has 2 aromatic heterocycles. The molecular formula is C31H35N3O3. The molecule has 37 heavy (non-hydrogen) atoms. The standard InChI is InChI=1S/C31H35N3O3/c1-19(2)25-8-7-9-26(13-25)22(5)33-31(36)27-10-11-30-29(14-27)21(4)23(6)34(30)17-24-12-28(16-32-15-24)37-20(3)18-35/h7-16,18-20,22H,17H2,1-6H3,(H,33,36)/t20-,22-/m0/s1. The summed E-state index contributed by atoms with van der Waals surface area (Å²) in [7, 11) is 0. The van der Waals surface area contributed by atoms with Gasteiger partial charge in [0.15, 0.2) is 12.4 Å². The normalized spacial score (nSPS) is 12.9. The van der Waals surface area contributed by atoms with E-state index in [4.69, 9.17) is 4.74 Å². The van der Waals surface area contributed by atoms with Crippen molar-refractivity contribution in [3.63, 3.8) is 0 Å². The maximum atomic E-state index is 13.2. The summed E-state index contributed by atoms with van der Waals surface area (Å²) in [6.07, 6.45) is 3.65. The number of aryl methyl sites for hydroxylation is 1. The van der Waals surface area contributed by atoms with Gasteiger partial charge in [0.05, 0.1) is 12.2 Å². The van der Waals surface area contributed by atoms with Gasteiger partial charge in [0.1, 0.15) is 5.75 Å². The van der Waals surface area contributed by atoms with Crippen LogP contribution in [0, 0.1) is 13.8 Å². The number of pyridine rings is 1. The van der Waals surface area contributed by atoms with E-state index >= 15 is 0 Å². The Morgan fingerprint density at radius 3 is 2.51 bits per heavy atom. The predicted octanol–water partition coefficient (Wildman–Crippen LogP) is 6.28. The van der Waals surface area contributed by atoms with E-state index < -0.39 is 6.10 Å². The highest BCUT2D eigenvalue weighted by atomic mass is 16.5. The van der Waals surface area contributed by atoms with Gasteiger partial charge < -0.3 is 14.6 Å². The fraction of sp³-hybridized carbons (Fsp3) is 0.323. The predicted molar refractivity (Wildman–Crippen MR) is 147 cm³/mol. The summed E-state index contributed by atoms with van der Waals surface area (Å²) in [6.45, 7) is 12.8. The maximum Gasteiger partial charge on any atom is 0.251 e. The Morgan fingerprint density at radius 2 is 1.78 bits per heavy atom. The topological polar surface area (TPSA) is 73.2 Å². The lowest BCUT2D eigenvalue weighted by Crippen LogP contribution is -2.26. The van der Waals surface area contributed by atoms with Crippen molar-refractivity contribution in [1.82, 2.24) is 14.9 Å². The Morgan fingerprint density at radius 1 is 1.03 bits per heavy atom. The van der Waals surface area contributed by atoms with E-state index in [2.05, 4.69) is 66.8 Å².